The SMILES string of the molecule is CCc1nn(C2CCCC2)c2c1CCn1c(-c3ccco3)nnc1-2. The van der Waals surface area contributed by atoms with Crippen LogP contribution in [0.25, 0.3) is 23.1 Å². The van der Waals surface area contributed by atoms with E-state index in [0.717, 1.165) is 36.8 Å². The molecular formula is C18H21N5O. The molecule has 24 heavy (non-hydrogen) atoms. The maximum atomic E-state index is 5.54. The molecule has 0 atom stereocenters. The standard InChI is InChI=1S/C18H21N5O/c1-2-14-13-9-10-22-17(15-8-5-11-24-15)19-20-18(22)16(13)23(21-14)12-6-3-4-7-12/h5,8,11-12H,2-4,6-7,9-10H2,1H3. The van der Waals surface area contributed by atoms with Crippen molar-refractivity contribution in [3.05, 3.63) is 29.7 Å². The Labute approximate surface area is 140 Å². The number of aryl methyl sites for hydroxylation is 1. The number of aromatic nitrogens is 5. The number of hydrogen-bond donors (Lipinski definition) is 0. The number of hydrogen-bond acceptors (Lipinski definition) is 4. The Bertz CT molecular complexity index is 868. The van der Waals surface area contributed by atoms with E-state index in [1.165, 1.54) is 42.6 Å². The molecule has 0 saturated heterocycles. The Morgan fingerprint density at radius 1 is 1.21 bits per heavy atom. The Balaban J connectivity index is 1.69. The van der Waals surface area contributed by atoms with Gasteiger partial charge in [-0.2, -0.15) is 5.10 Å². The molecule has 124 valence electrons. The van der Waals surface area contributed by atoms with Crippen LogP contribution in [0.1, 0.15) is 49.9 Å². The molecule has 1 saturated carbocycles. The van der Waals surface area contributed by atoms with Gasteiger partial charge in [0.1, 0.15) is 5.69 Å². The van der Waals surface area contributed by atoms with Gasteiger partial charge < -0.3 is 8.98 Å². The molecule has 3 aromatic heterocycles. The van der Waals surface area contributed by atoms with Gasteiger partial charge in [-0.3, -0.25) is 4.68 Å². The maximum absolute atomic E-state index is 5.54. The lowest BCUT2D eigenvalue weighted by atomic mass is 10.0. The molecule has 6 heteroatoms. The largest absolute Gasteiger partial charge is 0.461 e. The van der Waals surface area contributed by atoms with Crippen LogP contribution in [0.15, 0.2) is 22.8 Å². The summed E-state index contributed by atoms with van der Waals surface area (Å²) < 4.78 is 9.99. The molecular weight excluding hydrogens is 302 g/mol. The molecule has 1 aliphatic carbocycles. The van der Waals surface area contributed by atoms with Crippen LogP contribution in [0.2, 0.25) is 0 Å². The van der Waals surface area contributed by atoms with Crippen LogP contribution in [0, 0.1) is 0 Å². The number of rotatable bonds is 3. The zero-order chi connectivity index (χ0) is 16.1. The highest BCUT2D eigenvalue weighted by molar-refractivity contribution is 5.63. The van der Waals surface area contributed by atoms with Gasteiger partial charge in [-0.1, -0.05) is 19.8 Å². The van der Waals surface area contributed by atoms with Crippen molar-refractivity contribution in [2.24, 2.45) is 0 Å². The summed E-state index contributed by atoms with van der Waals surface area (Å²) in [5, 5.41) is 13.9. The van der Waals surface area contributed by atoms with Gasteiger partial charge in [0.25, 0.3) is 0 Å². The topological polar surface area (TPSA) is 61.7 Å². The molecule has 0 radical (unpaired) electrons. The normalized spacial score (nSPS) is 17.2. The second-order valence-corrected chi connectivity index (χ2v) is 6.74. The molecule has 6 nitrogen and oxygen atoms in total. The quantitative estimate of drug-likeness (QED) is 0.738. The minimum Gasteiger partial charge on any atom is -0.461 e. The third-order valence-electron chi connectivity index (χ3n) is 5.39. The highest BCUT2D eigenvalue weighted by atomic mass is 16.3. The molecule has 5 rings (SSSR count). The van der Waals surface area contributed by atoms with Crippen molar-refractivity contribution >= 4 is 0 Å². The van der Waals surface area contributed by atoms with E-state index in [1.54, 1.807) is 6.26 Å². The van der Waals surface area contributed by atoms with Crippen molar-refractivity contribution in [3.63, 3.8) is 0 Å². The van der Waals surface area contributed by atoms with E-state index in [2.05, 4.69) is 26.4 Å². The summed E-state index contributed by atoms with van der Waals surface area (Å²) in [5.74, 6) is 2.54. The first-order valence-corrected chi connectivity index (χ1v) is 8.94. The second kappa shape index (κ2) is 5.33. The maximum Gasteiger partial charge on any atom is 0.200 e. The van der Waals surface area contributed by atoms with Crippen molar-refractivity contribution in [1.29, 1.82) is 0 Å². The smallest absolute Gasteiger partial charge is 0.200 e. The lowest BCUT2D eigenvalue weighted by Crippen LogP contribution is -2.16. The van der Waals surface area contributed by atoms with Gasteiger partial charge in [-0.25, -0.2) is 0 Å². The molecule has 1 fully saturated rings. The van der Waals surface area contributed by atoms with Gasteiger partial charge >= 0.3 is 0 Å². The zero-order valence-corrected chi connectivity index (χ0v) is 13.9. The minimum absolute atomic E-state index is 0.509. The molecule has 0 N–H and O–H groups in total. The van der Waals surface area contributed by atoms with Crippen molar-refractivity contribution < 1.29 is 4.42 Å². The van der Waals surface area contributed by atoms with E-state index in [1.807, 2.05) is 12.1 Å². The zero-order valence-electron chi connectivity index (χ0n) is 13.9. The monoisotopic (exact) mass is 323 g/mol. The summed E-state index contributed by atoms with van der Waals surface area (Å²) in [6.07, 6.45) is 8.68. The number of nitrogens with zero attached hydrogens (tertiary/aromatic N) is 5. The van der Waals surface area contributed by atoms with E-state index in [-0.39, 0.29) is 0 Å². The van der Waals surface area contributed by atoms with Gasteiger partial charge in [0, 0.05) is 12.1 Å². The first kappa shape index (κ1) is 14.0. The average Bonchev–Trinajstić information content (AvgIpc) is 3.38. The Hall–Kier alpha value is -2.37. The van der Waals surface area contributed by atoms with Gasteiger partial charge in [-0.05, 0) is 37.8 Å². The first-order valence-electron chi connectivity index (χ1n) is 8.94. The summed E-state index contributed by atoms with van der Waals surface area (Å²) >= 11 is 0. The lowest BCUT2D eigenvalue weighted by molar-refractivity contribution is 0.464. The lowest BCUT2D eigenvalue weighted by Gasteiger charge is -2.19. The predicted octanol–water partition coefficient (Wildman–Crippen LogP) is 3.64. The Morgan fingerprint density at radius 3 is 2.79 bits per heavy atom. The van der Waals surface area contributed by atoms with E-state index >= 15 is 0 Å². The van der Waals surface area contributed by atoms with Crippen molar-refractivity contribution in [1.82, 2.24) is 24.5 Å². The number of fused-ring (bicyclic) bond motifs is 3. The fraction of sp³-hybridized carbons (Fsp3) is 0.500. The molecule has 3 aromatic rings. The summed E-state index contributed by atoms with van der Waals surface area (Å²) in [6.45, 7) is 3.07. The number of furan rings is 1. The van der Waals surface area contributed by atoms with Crippen molar-refractivity contribution in [3.8, 4) is 23.1 Å². The van der Waals surface area contributed by atoms with Gasteiger partial charge in [0.2, 0.25) is 0 Å². The van der Waals surface area contributed by atoms with E-state index < -0.39 is 0 Å². The van der Waals surface area contributed by atoms with Gasteiger partial charge in [-0.15, -0.1) is 10.2 Å². The third kappa shape index (κ3) is 1.92. The average molecular weight is 323 g/mol. The highest BCUT2D eigenvalue weighted by Gasteiger charge is 2.32. The van der Waals surface area contributed by atoms with Crippen molar-refractivity contribution in [2.45, 2.75) is 58.0 Å². The van der Waals surface area contributed by atoms with Crippen LogP contribution in [0.3, 0.4) is 0 Å². The molecule has 0 aromatic carbocycles. The van der Waals surface area contributed by atoms with Crippen LogP contribution in [-0.2, 0) is 19.4 Å². The third-order valence-corrected chi connectivity index (χ3v) is 5.39. The second-order valence-electron chi connectivity index (χ2n) is 6.74. The van der Waals surface area contributed by atoms with Gasteiger partial charge in [0.05, 0.1) is 18.0 Å². The fourth-order valence-electron chi connectivity index (χ4n) is 4.21. The molecule has 0 unspecified atom stereocenters. The molecule has 2 aliphatic rings. The molecule has 0 bridgehead atoms. The van der Waals surface area contributed by atoms with Gasteiger partial charge in [0.15, 0.2) is 17.4 Å². The summed E-state index contributed by atoms with van der Waals surface area (Å²) in [6, 6.07) is 4.34. The summed E-state index contributed by atoms with van der Waals surface area (Å²) in [5.41, 5.74) is 3.79. The Morgan fingerprint density at radius 2 is 2.04 bits per heavy atom. The van der Waals surface area contributed by atoms with E-state index in [9.17, 15) is 0 Å². The summed E-state index contributed by atoms with van der Waals surface area (Å²) in [4.78, 5) is 0. The van der Waals surface area contributed by atoms with Crippen LogP contribution >= 0.6 is 0 Å². The molecule has 0 spiro atoms. The molecule has 4 heterocycles. The van der Waals surface area contributed by atoms with Crippen LogP contribution in [0.5, 0.6) is 0 Å². The highest BCUT2D eigenvalue weighted by Crippen LogP contribution is 2.39. The van der Waals surface area contributed by atoms with E-state index in [4.69, 9.17) is 9.52 Å². The van der Waals surface area contributed by atoms with E-state index in [0.29, 0.717) is 6.04 Å². The van der Waals surface area contributed by atoms with Crippen LogP contribution in [0.4, 0.5) is 0 Å². The Kier molecular flexibility index (Phi) is 3.11. The van der Waals surface area contributed by atoms with Crippen LogP contribution in [-0.4, -0.2) is 24.5 Å². The molecule has 0 amide bonds. The fourth-order valence-corrected chi connectivity index (χ4v) is 4.21. The van der Waals surface area contributed by atoms with Crippen molar-refractivity contribution in [2.75, 3.05) is 0 Å². The summed E-state index contributed by atoms with van der Waals surface area (Å²) in [7, 11) is 0. The predicted molar refractivity (Wildman–Crippen MR) is 89.5 cm³/mol. The minimum atomic E-state index is 0.509. The molecule has 1 aliphatic heterocycles. The first-order chi connectivity index (χ1) is 11.9. The van der Waals surface area contributed by atoms with Crippen LogP contribution < -0.4 is 0 Å².